The van der Waals surface area contributed by atoms with Crippen molar-refractivity contribution in [3.63, 3.8) is 0 Å². The van der Waals surface area contributed by atoms with E-state index in [1.165, 1.54) is 0 Å². The first-order valence-corrected chi connectivity index (χ1v) is 7.93. The van der Waals surface area contributed by atoms with E-state index in [-0.39, 0.29) is 5.78 Å². The van der Waals surface area contributed by atoms with Crippen LogP contribution in [0.2, 0.25) is 0 Å². The Balaban J connectivity index is -0.000000258. The van der Waals surface area contributed by atoms with Crippen LogP contribution in [-0.2, 0) is 0 Å². The monoisotopic (exact) mass is 300 g/mol. The third-order valence-electron chi connectivity index (χ3n) is 2.08. The third kappa shape index (κ3) is 15.9. The number of hydrogen-bond donors (Lipinski definition) is 0. The van der Waals surface area contributed by atoms with Gasteiger partial charge in [-0.05, 0) is 0 Å². The smallest absolute Gasteiger partial charge is 0.162 e. The lowest BCUT2D eigenvalue weighted by molar-refractivity contribution is 0.0988. The second-order valence-corrected chi connectivity index (χ2v) is 3.30. The third-order valence-corrected chi connectivity index (χ3v) is 2.08. The average molecular weight is 300 g/mol. The summed E-state index contributed by atoms with van der Waals surface area (Å²) >= 11 is 0. The van der Waals surface area contributed by atoms with E-state index in [1.807, 2.05) is 101 Å². The molecule has 2 aromatic rings. The summed E-state index contributed by atoms with van der Waals surface area (Å²) < 4.78 is 0. The summed E-state index contributed by atoms with van der Waals surface area (Å²) in [6, 6.07) is 21.3. The molecule has 0 spiro atoms. The number of Topliss-reactive ketones (excluding diaryl/α,β-unsaturated/α-hetero) is 1. The summed E-state index contributed by atoms with van der Waals surface area (Å²) in [7, 11) is 0. The van der Waals surface area contributed by atoms with Gasteiger partial charge in [0.05, 0.1) is 0 Å². The van der Waals surface area contributed by atoms with Crippen LogP contribution in [0, 0.1) is 0 Å². The lowest BCUT2D eigenvalue weighted by Crippen LogP contribution is -1.94. The molecule has 0 fully saturated rings. The molecule has 22 heavy (non-hydrogen) atoms. The Kier molecular flexibility index (Phi) is 27.0. The van der Waals surface area contributed by atoms with E-state index in [0.29, 0.717) is 6.42 Å². The molecule has 0 N–H and O–H groups in total. The molecule has 0 aliphatic heterocycles. The number of benzene rings is 2. The normalized spacial score (nSPS) is 7.14. The largest absolute Gasteiger partial charge is 0.294 e. The molecule has 2 aromatic carbocycles. The van der Waals surface area contributed by atoms with Gasteiger partial charge in [-0.25, -0.2) is 0 Å². The van der Waals surface area contributed by atoms with Crippen LogP contribution < -0.4 is 0 Å². The Morgan fingerprint density at radius 2 is 1.00 bits per heavy atom. The quantitative estimate of drug-likeness (QED) is 0.439. The van der Waals surface area contributed by atoms with Crippen LogP contribution in [0.25, 0.3) is 0 Å². The number of hydrogen-bond acceptors (Lipinski definition) is 1. The number of ketones is 1. The molecule has 0 saturated carbocycles. The molecule has 0 aliphatic rings. The van der Waals surface area contributed by atoms with Crippen molar-refractivity contribution in [2.24, 2.45) is 0 Å². The minimum atomic E-state index is 0.209. The van der Waals surface area contributed by atoms with E-state index in [0.717, 1.165) is 5.56 Å². The van der Waals surface area contributed by atoms with Crippen molar-refractivity contribution in [1.82, 2.24) is 0 Å². The predicted octanol–water partition coefficient (Wildman–Crippen LogP) is 6.82. The standard InChI is InChI=1S/C9H10O.C6H6.2C2H6.C2H4/c1-2-9(10)8-6-4-3-5-7-8;1-2-4-6-5-3-1;3*1-2/h3-7H,2H2,1H3;1-6H;2*1-2H3;1-2H2. The lowest BCUT2D eigenvalue weighted by Gasteiger charge is -1.93. The molecule has 2 rings (SSSR count). The average Bonchev–Trinajstić information content (AvgIpc) is 2.68. The highest BCUT2D eigenvalue weighted by Gasteiger charge is 1.98. The first-order valence-electron chi connectivity index (χ1n) is 7.93. The second kappa shape index (κ2) is 23.9. The molecule has 0 aromatic heterocycles. The summed E-state index contributed by atoms with van der Waals surface area (Å²) in [5.41, 5.74) is 0.810. The van der Waals surface area contributed by atoms with Crippen molar-refractivity contribution in [2.75, 3.05) is 0 Å². The molecular weight excluding hydrogens is 268 g/mol. The molecule has 1 heteroatoms. The molecule has 0 amide bonds. The SMILES string of the molecule is C=C.CC.CC.CCC(=O)c1ccccc1.c1ccccc1. The summed E-state index contributed by atoms with van der Waals surface area (Å²) in [4.78, 5) is 11.0. The van der Waals surface area contributed by atoms with Crippen molar-refractivity contribution in [3.05, 3.63) is 85.5 Å². The molecule has 0 aliphatic carbocycles. The van der Waals surface area contributed by atoms with Crippen molar-refractivity contribution >= 4 is 5.78 Å². The van der Waals surface area contributed by atoms with E-state index >= 15 is 0 Å². The first-order chi connectivity index (χ1) is 10.8. The van der Waals surface area contributed by atoms with Gasteiger partial charge >= 0.3 is 0 Å². The molecule has 0 bridgehead atoms. The number of carbonyl (C=O) groups is 1. The molecule has 0 saturated heterocycles. The van der Waals surface area contributed by atoms with Gasteiger partial charge in [-0.2, -0.15) is 0 Å². The van der Waals surface area contributed by atoms with Gasteiger partial charge in [0.15, 0.2) is 5.78 Å². The summed E-state index contributed by atoms with van der Waals surface area (Å²) in [5, 5.41) is 0. The summed E-state index contributed by atoms with van der Waals surface area (Å²) in [6.45, 7) is 15.9. The van der Waals surface area contributed by atoms with Gasteiger partial charge in [0.1, 0.15) is 0 Å². The molecule has 122 valence electrons. The van der Waals surface area contributed by atoms with Crippen LogP contribution in [-0.4, -0.2) is 5.78 Å². The molecule has 0 radical (unpaired) electrons. The van der Waals surface area contributed by atoms with Crippen LogP contribution in [0.4, 0.5) is 0 Å². The maximum Gasteiger partial charge on any atom is 0.162 e. The van der Waals surface area contributed by atoms with Gasteiger partial charge in [0.25, 0.3) is 0 Å². The number of carbonyl (C=O) groups excluding carboxylic acids is 1. The van der Waals surface area contributed by atoms with Gasteiger partial charge in [-0.3, -0.25) is 4.79 Å². The Morgan fingerprint density at radius 1 is 0.727 bits per heavy atom. The Bertz CT molecular complexity index is 380. The van der Waals surface area contributed by atoms with Crippen LogP contribution in [0.3, 0.4) is 0 Å². The second-order valence-electron chi connectivity index (χ2n) is 3.30. The van der Waals surface area contributed by atoms with Gasteiger partial charge in [-0.1, -0.05) is 101 Å². The van der Waals surface area contributed by atoms with Gasteiger partial charge < -0.3 is 0 Å². The minimum Gasteiger partial charge on any atom is -0.294 e. The predicted molar refractivity (Wildman–Crippen MR) is 101 cm³/mol. The van der Waals surface area contributed by atoms with Crippen molar-refractivity contribution in [3.8, 4) is 0 Å². The molecular formula is C21H32O. The highest BCUT2D eigenvalue weighted by molar-refractivity contribution is 5.95. The van der Waals surface area contributed by atoms with Crippen molar-refractivity contribution < 1.29 is 4.79 Å². The fraction of sp³-hybridized carbons (Fsp3) is 0.286. The maximum absolute atomic E-state index is 11.0. The first kappa shape index (κ1) is 24.8. The zero-order valence-corrected chi connectivity index (χ0v) is 14.9. The topological polar surface area (TPSA) is 17.1 Å². The molecule has 0 atom stereocenters. The number of rotatable bonds is 2. The van der Waals surface area contributed by atoms with Crippen LogP contribution in [0.15, 0.2) is 79.9 Å². The molecule has 0 heterocycles. The van der Waals surface area contributed by atoms with Gasteiger partial charge in [0, 0.05) is 12.0 Å². The van der Waals surface area contributed by atoms with Crippen LogP contribution >= 0.6 is 0 Å². The van der Waals surface area contributed by atoms with Crippen LogP contribution in [0.1, 0.15) is 51.4 Å². The highest BCUT2D eigenvalue weighted by Crippen LogP contribution is 2.01. The fourth-order valence-electron chi connectivity index (χ4n) is 1.21. The van der Waals surface area contributed by atoms with Gasteiger partial charge in [0.2, 0.25) is 0 Å². The van der Waals surface area contributed by atoms with Gasteiger partial charge in [-0.15, -0.1) is 13.2 Å². The Labute approximate surface area is 137 Å². The van der Waals surface area contributed by atoms with Crippen molar-refractivity contribution in [2.45, 2.75) is 41.0 Å². The van der Waals surface area contributed by atoms with Crippen molar-refractivity contribution in [1.29, 1.82) is 0 Å². The van der Waals surface area contributed by atoms with E-state index in [1.54, 1.807) is 0 Å². The molecule has 1 nitrogen and oxygen atoms in total. The maximum atomic E-state index is 11.0. The summed E-state index contributed by atoms with van der Waals surface area (Å²) in [5.74, 6) is 0.209. The Hall–Kier alpha value is -2.15. The summed E-state index contributed by atoms with van der Waals surface area (Å²) in [6.07, 6.45) is 0.587. The van der Waals surface area contributed by atoms with Crippen LogP contribution in [0.5, 0.6) is 0 Å². The fourth-order valence-corrected chi connectivity index (χ4v) is 1.21. The lowest BCUT2D eigenvalue weighted by atomic mass is 10.1. The van der Waals surface area contributed by atoms with E-state index < -0.39 is 0 Å². The van der Waals surface area contributed by atoms with E-state index in [4.69, 9.17) is 0 Å². The zero-order chi connectivity index (χ0) is 17.6. The zero-order valence-electron chi connectivity index (χ0n) is 14.9. The Morgan fingerprint density at radius 3 is 1.27 bits per heavy atom. The molecule has 0 unspecified atom stereocenters. The minimum absolute atomic E-state index is 0.209. The van der Waals surface area contributed by atoms with E-state index in [9.17, 15) is 4.79 Å². The highest BCUT2D eigenvalue weighted by atomic mass is 16.1. The van der Waals surface area contributed by atoms with E-state index in [2.05, 4.69) is 13.2 Å².